The van der Waals surface area contributed by atoms with Crippen LogP contribution in [-0.2, 0) is 10.0 Å². The minimum atomic E-state index is -3.55. The molecular weight excluding hydrogens is 364 g/mol. The minimum Gasteiger partial charge on any atom is -0.313 e. The number of benzene rings is 1. The van der Waals surface area contributed by atoms with E-state index < -0.39 is 10.0 Å². The largest absolute Gasteiger partial charge is 0.313 e. The molecule has 1 aromatic rings. The number of rotatable bonds is 5. The lowest BCUT2D eigenvalue weighted by molar-refractivity contribution is 0.383. The Bertz CT molecular complexity index is 574. The monoisotopic (exact) mass is 380 g/mol. The number of likely N-dealkylation sites (N-methyl/N-ethyl adjacent to an activating group) is 1. The molecule has 1 saturated heterocycles. The first-order chi connectivity index (χ1) is 9.45. The van der Waals surface area contributed by atoms with Crippen LogP contribution < -0.4 is 5.32 Å². The van der Waals surface area contributed by atoms with Crippen LogP contribution in [0, 0.1) is 0 Å². The number of nitrogens with zero attached hydrogens (tertiary/aromatic N) is 1. The maximum absolute atomic E-state index is 12.7. The molecule has 0 aromatic heterocycles. The molecule has 2 rings (SSSR count). The van der Waals surface area contributed by atoms with E-state index in [0.717, 1.165) is 23.9 Å². The molecule has 7 heteroatoms. The fourth-order valence-corrected chi connectivity index (χ4v) is 4.88. The van der Waals surface area contributed by atoms with Gasteiger partial charge in [0.25, 0.3) is 0 Å². The van der Waals surface area contributed by atoms with Gasteiger partial charge in [-0.1, -0.05) is 34.5 Å². The van der Waals surface area contributed by atoms with Crippen molar-refractivity contribution in [1.29, 1.82) is 0 Å². The molecule has 0 aliphatic carbocycles. The second-order valence-corrected chi connectivity index (χ2v) is 8.05. The maximum Gasteiger partial charge on any atom is 0.244 e. The van der Waals surface area contributed by atoms with Gasteiger partial charge < -0.3 is 5.32 Å². The summed E-state index contributed by atoms with van der Waals surface area (Å²) in [5.74, 6) is 0. The van der Waals surface area contributed by atoms with Crippen LogP contribution in [0.2, 0.25) is 5.02 Å². The van der Waals surface area contributed by atoms with E-state index in [1.165, 1.54) is 4.31 Å². The van der Waals surface area contributed by atoms with E-state index in [4.69, 9.17) is 11.6 Å². The van der Waals surface area contributed by atoms with Crippen molar-refractivity contribution < 1.29 is 8.42 Å². The molecule has 0 spiro atoms. The summed E-state index contributed by atoms with van der Waals surface area (Å²) >= 11 is 9.37. The van der Waals surface area contributed by atoms with E-state index in [9.17, 15) is 8.42 Å². The molecule has 1 aliphatic heterocycles. The Hall–Kier alpha value is -0.140. The van der Waals surface area contributed by atoms with Gasteiger partial charge in [0.1, 0.15) is 4.90 Å². The lowest BCUT2D eigenvalue weighted by Gasteiger charge is -2.24. The van der Waals surface area contributed by atoms with E-state index in [0.29, 0.717) is 13.1 Å². The van der Waals surface area contributed by atoms with E-state index in [1.54, 1.807) is 18.2 Å². The average Bonchev–Trinajstić information content (AvgIpc) is 2.88. The molecule has 4 nitrogen and oxygen atoms in total. The van der Waals surface area contributed by atoms with Crippen LogP contribution in [0.15, 0.2) is 27.6 Å². The number of hydrogen-bond acceptors (Lipinski definition) is 3. The smallest absolute Gasteiger partial charge is 0.244 e. The number of sulfonamides is 1. The number of halogens is 2. The number of hydrogen-bond donors (Lipinski definition) is 1. The molecule has 112 valence electrons. The van der Waals surface area contributed by atoms with Gasteiger partial charge in [-0.25, -0.2) is 8.42 Å². The highest BCUT2D eigenvalue weighted by Crippen LogP contribution is 2.28. The molecule has 1 unspecified atom stereocenters. The highest BCUT2D eigenvalue weighted by atomic mass is 79.9. The van der Waals surface area contributed by atoms with Crippen molar-refractivity contribution in [2.45, 2.75) is 30.7 Å². The zero-order valence-electron chi connectivity index (χ0n) is 11.3. The van der Waals surface area contributed by atoms with Gasteiger partial charge in [0.15, 0.2) is 0 Å². The van der Waals surface area contributed by atoms with Crippen molar-refractivity contribution >= 4 is 37.6 Å². The van der Waals surface area contributed by atoms with Crippen LogP contribution in [0.25, 0.3) is 0 Å². The predicted molar refractivity (Wildman–Crippen MR) is 84.6 cm³/mol. The van der Waals surface area contributed by atoms with Crippen LogP contribution in [0.4, 0.5) is 0 Å². The molecule has 0 saturated carbocycles. The lowest BCUT2D eigenvalue weighted by atomic mass is 10.2. The van der Waals surface area contributed by atoms with Crippen molar-refractivity contribution in [1.82, 2.24) is 9.62 Å². The first-order valence-corrected chi connectivity index (χ1v) is 9.25. The lowest BCUT2D eigenvalue weighted by Crippen LogP contribution is -2.41. The van der Waals surface area contributed by atoms with Crippen molar-refractivity contribution in [2.75, 3.05) is 19.6 Å². The van der Waals surface area contributed by atoms with Crippen LogP contribution >= 0.6 is 27.5 Å². The van der Waals surface area contributed by atoms with Gasteiger partial charge in [0.2, 0.25) is 10.0 Å². The quantitative estimate of drug-likeness (QED) is 0.853. The Balaban J connectivity index is 2.26. The highest BCUT2D eigenvalue weighted by molar-refractivity contribution is 9.10. The Kier molecular flexibility index (Phi) is 5.48. The van der Waals surface area contributed by atoms with Crippen LogP contribution in [0.3, 0.4) is 0 Å². The molecule has 0 radical (unpaired) electrons. The molecule has 1 atom stereocenters. The summed E-state index contributed by atoms with van der Waals surface area (Å²) in [6.07, 6.45) is 2.11. The van der Waals surface area contributed by atoms with Gasteiger partial charge in [0, 0.05) is 23.6 Å². The number of nitrogens with one attached hydrogen (secondary N) is 1. The fourth-order valence-electron chi connectivity index (χ4n) is 2.38. The van der Waals surface area contributed by atoms with Gasteiger partial charge >= 0.3 is 0 Å². The van der Waals surface area contributed by atoms with Gasteiger partial charge in [-0.3, -0.25) is 0 Å². The molecular formula is C13H18BrClN2O2S. The fraction of sp³-hybridized carbons (Fsp3) is 0.538. The highest BCUT2D eigenvalue weighted by Gasteiger charge is 2.28. The Labute approximate surface area is 133 Å². The molecule has 1 aromatic carbocycles. The van der Waals surface area contributed by atoms with Crippen LogP contribution in [0.5, 0.6) is 0 Å². The normalized spacial score (nSPS) is 19.7. The molecule has 1 heterocycles. The first kappa shape index (κ1) is 16.2. The molecule has 1 fully saturated rings. The summed E-state index contributed by atoms with van der Waals surface area (Å²) in [5.41, 5.74) is 0. The van der Waals surface area contributed by atoms with Gasteiger partial charge in [-0.05, 0) is 37.6 Å². The summed E-state index contributed by atoms with van der Waals surface area (Å²) in [6, 6.07) is 5.09. The summed E-state index contributed by atoms with van der Waals surface area (Å²) in [7, 11) is -3.55. The van der Waals surface area contributed by atoms with Crippen LogP contribution in [0.1, 0.15) is 19.8 Å². The third-order valence-corrected chi connectivity index (χ3v) is 6.37. The SMILES string of the molecule is CCN(CC1CCCN1)S(=O)(=O)c1ccc(Br)cc1Cl. The second-order valence-electron chi connectivity index (χ2n) is 4.82. The molecule has 1 N–H and O–H groups in total. The summed E-state index contributed by atoms with van der Waals surface area (Å²) in [6.45, 7) is 3.73. The van der Waals surface area contributed by atoms with Gasteiger partial charge in [-0.15, -0.1) is 0 Å². The Morgan fingerprint density at radius 1 is 1.50 bits per heavy atom. The standard InChI is InChI=1S/C13H18BrClN2O2S/c1-2-17(9-11-4-3-7-16-11)20(18,19)13-6-5-10(14)8-12(13)15/h5-6,8,11,16H,2-4,7,9H2,1H3. The Morgan fingerprint density at radius 2 is 2.25 bits per heavy atom. The molecule has 20 heavy (non-hydrogen) atoms. The van der Waals surface area contributed by atoms with Crippen molar-refractivity contribution in [3.05, 3.63) is 27.7 Å². The van der Waals surface area contributed by atoms with Gasteiger partial charge in [0.05, 0.1) is 5.02 Å². The second kappa shape index (κ2) is 6.75. The third-order valence-electron chi connectivity index (χ3n) is 3.45. The Morgan fingerprint density at radius 3 is 2.80 bits per heavy atom. The van der Waals surface area contributed by atoms with E-state index in [1.807, 2.05) is 6.92 Å². The topological polar surface area (TPSA) is 49.4 Å². The van der Waals surface area contributed by atoms with E-state index in [2.05, 4.69) is 21.2 Å². The average molecular weight is 382 g/mol. The molecule has 0 bridgehead atoms. The maximum atomic E-state index is 12.7. The van der Waals surface area contributed by atoms with Crippen molar-refractivity contribution in [2.24, 2.45) is 0 Å². The first-order valence-electron chi connectivity index (χ1n) is 6.63. The van der Waals surface area contributed by atoms with E-state index >= 15 is 0 Å². The third kappa shape index (κ3) is 3.54. The van der Waals surface area contributed by atoms with Gasteiger partial charge in [-0.2, -0.15) is 4.31 Å². The summed E-state index contributed by atoms with van der Waals surface area (Å²) < 4.78 is 27.6. The van der Waals surface area contributed by atoms with E-state index in [-0.39, 0.29) is 16.0 Å². The van der Waals surface area contributed by atoms with Crippen molar-refractivity contribution in [3.63, 3.8) is 0 Å². The summed E-state index contributed by atoms with van der Waals surface area (Å²) in [5, 5.41) is 3.57. The summed E-state index contributed by atoms with van der Waals surface area (Å²) in [4.78, 5) is 0.169. The van der Waals surface area contributed by atoms with Crippen LogP contribution in [-0.4, -0.2) is 38.4 Å². The molecule has 0 amide bonds. The molecule has 1 aliphatic rings. The predicted octanol–water partition coefficient (Wildman–Crippen LogP) is 2.87. The minimum absolute atomic E-state index is 0.169. The van der Waals surface area contributed by atoms with Crippen molar-refractivity contribution in [3.8, 4) is 0 Å². The zero-order valence-corrected chi connectivity index (χ0v) is 14.4. The zero-order chi connectivity index (χ0) is 14.8.